The van der Waals surface area contributed by atoms with Crippen LogP contribution < -0.4 is 10.9 Å². The quantitative estimate of drug-likeness (QED) is 0.810. The molecule has 1 heterocycles. The number of hydrogen-bond donors (Lipinski definition) is 2. The van der Waals surface area contributed by atoms with Gasteiger partial charge < -0.3 is 4.74 Å². The second-order valence-corrected chi connectivity index (χ2v) is 5.94. The third-order valence-corrected chi connectivity index (χ3v) is 2.65. The Morgan fingerprint density at radius 2 is 1.60 bits per heavy atom. The van der Waals surface area contributed by atoms with Gasteiger partial charge in [0.1, 0.15) is 5.60 Å². The molecule has 0 aliphatic carbocycles. The van der Waals surface area contributed by atoms with Gasteiger partial charge in [-0.3, -0.25) is 15.2 Å². The van der Waals surface area contributed by atoms with Gasteiger partial charge in [-0.25, -0.2) is 10.2 Å². The molecule has 0 atom stereocenters. The van der Waals surface area contributed by atoms with Crippen LogP contribution in [0.3, 0.4) is 0 Å². The van der Waals surface area contributed by atoms with Crippen LogP contribution in [0.1, 0.15) is 40.2 Å². The summed E-state index contributed by atoms with van der Waals surface area (Å²) in [5.74, 6) is -0.338. The Morgan fingerprint density at radius 1 is 1.05 bits per heavy atom. The SMILES string of the molecule is CC(C)(C)OC(=O)NNC(=O)C(C)(C)c1ccncc1. The maximum absolute atomic E-state index is 12.1. The lowest BCUT2D eigenvalue weighted by atomic mass is 9.84. The van der Waals surface area contributed by atoms with Crippen molar-refractivity contribution in [3.63, 3.8) is 0 Å². The van der Waals surface area contributed by atoms with Crippen LogP contribution >= 0.6 is 0 Å². The van der Waals surface area contributed by atoms with Crippen LogP contribution in [0.25, 0.3) is 0 Å². The van der Waals surface area contributed by atoms with Crippen molar-refractivity contribution in [2.45, 2.75) is 45.6 Å². The van der Waals surface area contributed by atoms with Crippen LogP contribution in [-0.4, -0.2) is 22.6 Å². The lowest BCUT2D eigenvalue weighted by Crippen LogP contribution is -2.50. The Kier molecular flexibility index (Phi) is 4.70. The lowest BCUT2D eigenvalue weighted by Gasteiger charge is -2.25. The molecule has 0 aliphatic heterocycles. The number of amides is 2. The number of ether oxygens (including phenoxy) is 1. The normalized spacial score (nSPS) is 11.7. The molecule has 2 amide bonds. The molecule has 0 aromatic carbocycles. The Bertz CT molecular complexity index is 478. The van der Waals surface area contributed by atoms with Crippen LogP contribution in [0, 0.1) is 0 Å². The number of carbonyl (C=O) groups is 2. The summed E-state index contributed by atoms with van der Waals surface area (Å²) in [4.78, 5) is 27.5. The number of hydrazine groups is 1. The number of nitrogens with one attached hydrogen (secondary N) is 2. The molecule has 6 heteroatoms. The van der Waals surface area contributed by atoms with Gasteiger partial charge >= 0.3 is 6.09 Å². The first kappa shape index (κ1) is 15.9. The highest BCUT2D eigenvalue weighted by Crippen LogP contribution is 2.22. The molecule has 20 heavy (non-hydrogen) atoms. The van der Waals surface area contributed by atoms with Gasteiger partial charge in [-0.05, 0) is 52.3 Å². The predicted octanol–water partition coefficient (Wildman–Crippen LogP) is 1.92. The molecule has 1 aromatic rings. The van der Waals surface area contributed by atoms with E-state index in [0.717, 1.165) is 5.56 Å². The van der Waals surface area contributed by atoms with E-state index in [2.05, 4.69) is 15.8 Å². The molecule has 0 saturated carbocycles. The smallest absolute Gasteiger partial charge is 0.426 e. The molecule has 6 nitrogen and oxygen atoms in total. The van der Waals surface area contributed by atoms with Crippen molar-refractivity contribution >= 4 is 12.0 Å². The fourth-order valence-electron chi connectivity index (χ4n) is 1.47. The zero-order valence-electron chi connectivity index (χ0n) is 12.5. The molecule has 0 fully saturated rings. The highest BCUT2D eigenvalue weighted by Gasteiger charge is 2.30. The van der Waals surface area contributed by atoms with E-state index in [1.54, 1.807) is 59.1 Å². The van der Waals surface area contributed by atoms with Crippen LogP contribution in [0.4, 0.5) is 4.79 Å². The first-order chi connectivity index (χ1) is 9.13. The third-order valence-electron chi connectivity index (χ3n) is 2.65. The minimum atomic E-state index is -0.794. The largest absolute Gasteiger partial charge is 0.443 e. The highest BCUT2D eigenvalue weighted by molar-refractivity contribution is 5.88. The first-order valence-corrected chi connectivity index (χ1v) is 6.33. The topological polar surface area (TPSA) is 80.3 Å². The van der Waals surface area contributed by atoms with Crippen molar-refractivity contribution in [3.05, 3.63) is 30.1 Å². The van der Waals surface area contributed by atoms with Gasteiger partial charge in [0.25, 0.3) is 0 Å². The summed E-state index contributed by atoms with van der Waals surface area (Å²) >= 11 is 0. The number of pyridine rings is 1. The van der Waals surface area contributed by atoms with Crippen molar-refractivity contribution in [1.29, 1.82) is 0 Å². The monoisotopic (exact) mass is 279 g/mol. The Morgan fingerprint density at radius 3 is 2.10 bits per heavy atom. The molecule has 0 aliphatic rings. The first-order valence-electron chi connectivity index (χ1n) is 6.33. The van der Waals surface area contributed by atoms with Gasteiger partial charge in [-0.15, -0.1) is 0 Å². The van der Waals surface area contributed by atoms with Gasteiger partial charge in [-0.1, -0.05) is 0 Å². The van der Waals surface area contributed by atoms with E-state index in [-0.39, 0.29) is 5.91 Å². The third kappa shape index (κ3) is 4.53. The predicted molar refractivity (Wildman–Crippen MR) is 74.8 cm³/mol. The molecular weight excluding hydrogens is 258 g/mol. The van der Waals surface area contributed by atoms with Crippen molar-refractivity contribution < 1.29 is 14.3 Å². The maximum Gasteiger partial charge on any atom is 0.426 e. The number of rotatable bonds is 2. The van der Waals surface area contributed by atoms with E-state index in [4.69, 9.17) is 4.74 Å². The lowest BCUT2D eigenvalue weighted by molar-refractivity contribution is -0.126. The minimum absolute atomic E-state index is 0.338. The average molecular weight is 279 g/mol. The second kappa shape index (κ2) is 5.90. The summed E-state index contributed by atoms with van der Waals surface area (Å²) < 4.78 is 5.03. The highest BCUT2D eigenvalue weighted by atomic mass is 16.6. The molecule has 2 N–H and O–H groups in total. The van der Waals surface area contributed by atoms with Crippen molar-refractivity contribution in [2.24, 2.45) is 0 Å². The molecule has 1 rings (SSSR count). The minimum Gasteiger partial charge on any atom is -0.443 e. The number of carbonyl (C=O) groups excluding carboxylic acids is 2. The zero-order valence-corrected chi connectivity index (χ0v) is 12.5. The summed E-state index contributed by atoms with van der Waals surface area (Å²) in [5, 5.41) is 0. The Hall–Kier alpha value is -2.11. The van der Waals surface area contributed by atoms with E-state index in [0.29, 0.717) is 0 Å². The average Bonchev–Trinajstić information content (AvgIpc) is 2.35. The summed E-state index contributed by atoms with van der Waals surface area (Å²) in [6.45, 7) is 8.75. The summed E-state index contributed by atoms with van der Waals surface area (Å²) in [6.07, 6.45) is 2.54. The Labute approximate surface area is 118 Å². The van der Waals surface area contributed by atoms with Crippen LogP contribution in [0.5, 0.6) is 0 Å². The summed E-state index contributed by atoms with van der Waals surface area (Å²) in [5.41, 5.74) is 3.99. The zero-order chi connectivity index (χ0) is 15.4. The fraction of sp³-hybridized carbons (Fsp3) is 0.500. The van der Waals surface area contributed by atoms with Gasteiger partial charge in [0.05, 0.1) is 5.41 Å². The molecular formula is C14H21N3O3. The van der Waals surface area contributed by atoms with E-state index in [1.165, 1.54) is 0 Å². The van der Waals surface area contributed by atoms with Crippen molar-refractivity contribution in [2.75, 3.05) is 0 Å². The summed E-state index contributed by atoms with van der Waals surface area (Å²) in [6, 6.07) is 3.51. The van der Waals surface area contributed by atoms with Crippen LogP contribution in [0.15, 0.2) is 24.5 Å². The number of nitrogens with zero attached hydrogens (tertiary/aromatic N) is 1. The van der Waals surface area contributed by atoms with Gasteiger partial charge in [0.15, 0.2) is 0 Å². The number of aromatic nitrogens is 1. The molecule has 1 aromatic heterocycles. The van der Waals surface area contributed by atoms with E-state index in [1.807, 2.05) is 0 Å². The van der Waals surface area contributed by atoms with Gasteiger partial charge in [0, 0.05) is 12.4 Å². The molecule has 0 unspecified atom stereocenters. The molecule has 0 bridgehead atoms. The molecule has 110 valence electrons. The van der Waals surface area contributed by atoms with Crippen molar-refractivity contribution in [3.8, 4) is 0 Å². The van der Waals surface area contributed by atoms with Gasteiger partial charge in [0.2, 0.25) is 5.91 Å². The van der Waals surface area contributed by atoms with Crippen molar-refractivity contribution in [1.82, 2.24) is 15.8 Å². The second-order valence-electron chi connectivity index (χ2n) is 5.94. The van der Waals surface area contributed by atoms with Gasteiger partial charge in [-0.2, -0.15) is 0 Å². The van der Waals surface area contributed by atoms with Crippen LogP contribution in [0.2, 0.25) is 0 Å². The van der Waals surface area contributed by atoms with E-state index >= 15 is 0 Å². The Balaban J connectivity index is 2.61. The molecule has 0 saturated heterocycles. The van der Waals surface area contributed by atoms with E-state index in [9.17, 15) is 9.59 Å². The number of hydrogen-bond acceptors (Lipinski definition) is 4. The molecule has 0 radical (unpaired) electrons. The van der Waals surface area contributed by atoms with E-state index < -0.39 is 17.1 Å². The standard InChI is InChI=1S/C14H21N3O3/c1-13(2,3)20-12(19)17-16-11(18)14(4,5)10-6-8-15-9-7-10/h6-9H,1-5H3,(H,16,18)(H,17,19). The maximum atomic E-state index is 12.1. The molecule has 0 spiro atoms. The summed E-state index contributed by atoms with van der Waals surface area (Å²) in [7, 11) is 0. The fourth-order valence-corrected chi connectivity index (χ4v) is 1.47. The van der Waals surface area contributed by atoms with Crippen LogP contribution in [-0.2, 0) is 14.9 Å².